The van der Waals surface area contributed by atoms with Gasteiger partial charge in [-0.3, -0.25) is 4.98 Å². The van der Waals surface area contributed by atoms with E-state index in [1.807, 2.05) is 6.07 Å². The number of rotatable bonds is 3. The molecule has 1 fully saturated rings. The molecule has 1 aliphatic rings. The van der Waals surface area contributed by atoms with Gasteiger partial charge in [0.25, 0.3) is 0 Å². The van der Waals surface area contributed by atoms with Crippen molar-refractivity contribution in [3.8, 4) is 11.3 Å². The van der Waals surface area contributed by atoms with Gasteiger partial charge >= 0.3 is 5.97 Å². The van der Waals surface area contributed by atoms with Crippen molar-refractivity contribution in [2.24, 2.45) is 0 Å². The predicted molar refractivity (Wildman–Crippen MR) is 69.3 cm³/mol. The average Bonchev–Trinajstić information content (AvgIpc) is 2.94. The molecule has 1 N–H and O–H groups in total. The summed E-state index contributed by atoms with van der Waals surface area (Å²) in [4.78, 5) is 15.4. The highest BCUT2D eigenvalue weighted by molar-refractivity contribution is 5.92. The molecule has 0 unspecified atom stereocenters. The lowest BCUT2D eigenvalue weighted by molar-refractivity contribution is 0.0662. The van der Waals surface area contributed by atoms with Crippen LogP contribution in [0.1, 0.15) is 29.4 Å². The van der Waals surface area contributed by atoms with Crippen LogP contribution < -0.4 is 0 Å². The van der Waals surface area contributed by atoms with Crippen LogP contribution in [0.5, 0.6) is 0 Å². The van der Waals surface area contributed by atoms with Gasteiger partial charge in [0.1, 0.15) is 5.69 Å². The zero-order valence-electron chi connectivity index (χ0n) is 10.8. The molecule has 0 radical (unpaired) electrons. The summed E-state index contributed by atoms with van der Waals surface area (Å²) in [6.45, 7) is 1.30. The van der Waals surface area contributed by atoms with Gasteiger partial charge in [0.15, 0.2) is 5.69 Å². The number of ether oxygens (including phenoxy) is 1. The van der Waals surface area contributed by atoms with E-state index in [0.717, 1.165) is 12.8 Å². The van der Waals surface area contributed by atoms with Gasteiger partial charge in [-0.2, -0.15) is 0 Å². The minimum Gasteiger partial charge on any atom is -0.476 e. The van der Waals surface area contributed by atoms with Gasteiger partial charge in [0.05, 0.1) is 6.04 Å². The lowest BCUT2D eigenvalue weighted by Crippen LogP contribution is -2.21. The van der Waals surface area contributed by atoms with Crippen LogP contribution in [0.3, 0.4) is 0 Å². The Balaban J connectivity index is 2.08. The number of hydrogen-bond acceptors (Lipinski definition) is 5. The predicted octanol–water partition coefficient (Wildman–Crippen LogP) is 1.39. The smallest absolute Gasteiger partial charge is 0.358 e. The lowest BCUT2D eigenvalue weighted by Gasteiger charge is -2.23. The standard InChI is InChI=1S/C13H14N4O3/c18-13(19)11-12(9-2-1-5-14-8-9)17(16-15-11)10-3-6-20-7-4-10/h1-2,5,8,10H,3-4,6-7H2,(H,18,19). The third-order valence-corrected chi connectivity index (χ3v) is 3.37. The van der Waals surface area contributed by atoms with Crippen LogP contribution in [-0.2, 0) is 4.74 Å². The van der Waals surface area contributed by atoms with Crippen molar-refractivity contribution in [3.63, 3.8) is 0 Å². The first-order valence-corrected chi connectivity index (χ1v) is 6.44. The molecule has 1 aliphatic heterocycles. The molecule has 0 bridgehead atoms. The molecule has 0 spiro atoms. The molecule has 7 nitrogen and oxygen atoms in total. The average molecular weight is 274 g/mol. The summed E-state index contributed by atoms with van der Waals surface area (Å²) in [7, 11) is 0. The molecule has 1 saturated heterocycles. The van der Waals surface area contributed by atoms with Gasteiger partial charge in [-0.25, -0.2) is 9.48 Å². The van der Waals surface area contributed by atoms with E-state index in [4.69, 9.17) is 4.74 Å². The highest BCUT2D eigenvalue weighted by atomic mass is 16.5. The lowest BCUT2D eigenvalue weighted by atomic mass is 10.1. The zero-order valence-corrected chi connectivity index (χ0v) is 10.8. The number of carboxylic acid groups (broad SMARTS) is 1. The Hall–Kier alpha value is -2.28. The van der Waals surface area contributed by atoms with Crippen molar-refractivity contribution in [2.75, 3.05) is 13.2 Å². The Morgan fingerprint density at radius 2 is 2.20 bits per heavy atom. The van der Waals surface area contributed by atoms with Crippen LogP contribution in [0.4, 0.5) is 0 Å². The van der Waals surface area contributed by atoms with Crippen molar-refractivity contribution in [1.82, 2.24) is 20.0 Å². The number of pyridine rings is 1. The molecule has 0 aliphatic carbocycles. The Morgan fingerprint density at radius 1 is 1.40 bits per heavy atom. The molecular weight excluding hydrogens is 260 g/mol. The largest absolute Gasteiger partial charge is 0.476 e. The minimum atomic E-state index is -1.08. The summed E-state index contributed by atoms with van der Waals surface area (Å²) in [5.74, 6) is -1.08. The topological polar surface area (TPSA) is 90.1 Å². The van der Waals surface area contributed by atoms with Crippen LogP contribution in [0.15, 0.2) is 24.5 Å². The fourth-order valence-electron chi connectivity index (χ4n) is 2.39. The second-order valence-corrected chi connectivity index (χ2v) is 4.62. The van der Waals surface area contributed by atoms with Gasteiger partial charge in [-0.05, 0) is 25.0 Å². The molecule has 7 heteroatoms. The molecular formula is C13H14N4O3. The monoisotopic (exact) mass is 274 g/mol. The molecule has 0 aromatic carbocycles. The molecule has 20 heavy (non-hydrogen) atoms. The highest BCUT2D eigenvalue weighted by Crippen LogP contribution is 2.28. The molecule has 2 aromatic rings. The Labute approximate surface area is 115 Å². The van der Waals surface area contributed by atoms with Crippen molar-refractivity contribution < 1.29 is 14.6 Å². The first-order chi connectivity index (χ1) is 9.77. The summed E-state index contributed by atoms with van der Waals surface area (Å²) in [6, 6.07) is 3.69. The van der Waals surface area contributed by atoms with Gasteiger partial charge in [0.2, 0.25) is 0 Å². The quantitative estimate of drug-likeness (QED) is 0.909. The number of aromatic carboxylic acids is 1. The SMILES string of the molecule is O=C(O)c1nnn(C2CCOCC2)c1-c1cccnc1. The normalized spacial score (nSPS) is 16.2. The Bertz CT molecular complexity index is 605. The number of carboxylic acids is 1. The van der Waals surface area contributed by atoms with E-state index < -0.39 is 5.97 Å². The van der Waals surface area contributed by atoms with Crippen LogP contribution in [0.2, 0.25) is 0 Å². The van der Waals surface area contributed by atoms with Gasteiger partial charge < -0.3 is 9.84 Å². The second kappa shape index (κ2) is 5.38. The Morgan fingerprint density at radius 3 is 2.85 bits per heavy atom. The third kappa shape index (κ3) is 2.27. The maximum Gasteiger partial charge on any atom is 0.358 e. The van der Waals surface area contributed by atoms with E-state index in [1.165, 1.54) is 0 Å². The van der Waals surface area contributed by atoms with Gasteiger partial charge in [-0.1, -0.05) is 5.21 Å². The number of aromatic nitrogens is 4. The maximum absolute atomic E-state index is 11.3. The van der Waals surface area contributed by atoms with Gasteiger partial charge in [0, 0.05) is 31.2 Å². The maximum atomic E-state index is 11.3. The van der Waals surface area contributed by atoms with Crippen molar-refractivity contribution in [2.45, 2.75) is 18.9 Å². The summed E-state index contributed by atoms with van der Waals surface area (Å²) in [5.41, 5.74) is 1.18. The summed E-state index contributed by atoms with van der Waals surface area (Å²) >= 11 is 0. The fraction of sp³-hybridized carbons (Fsp3) is 0.385. The molecule has 0 atom stereocenters. The first-order valence-electron chi connectivity index (χ1n) is 6.44. The number of nitrogens with zero attached hydrogens (tertiary/aromatic N) is 4. The summed E-state index contributed by atoms with van der Waals surface area (Å²) in [6.07, 6.45) is 4.87. The summed E-state index contributed by atoms with van der Waals surface area (Å²) in [5, 5.41) is 17.1. The molecule has 2 aromatic heterocycles. The van der Waals surface area contributed by atoms with E-state index >= 15 is 0 Å². The number of carbonyl (C=O) groups is 1. The van der Waals surface area contributed by atoms with Crippen molar-refractivity contribution in [3.05, 3.63) is 30.2 Å². The van der Waals surface area contributed by atoms with E-state index in [-0.39, 0.29) is 11.7 Å². The fourth-order valence-corrected chi connectivity index (χ4v) is 2.39. The van der Waals surface area contributed by atoms with Crippen molar-refractivity contribution in [1.29, 1.82) is 0 Å². The van der Waals surface area contributed by atoms with Crippen LogP contribution in [-0.4, -0.2) is 44.3 Å². The second-order valence-electron chi connectivity index (χ2n) is 4.62. The van der Waals surface area contributed by atoms with E-state index in [0.29, 0.717) is 24.5 Å². The van der Waals surface area contributed by atoms with Crippen molar-refractivity contribution >= 4 is 5.97 Å². The molecule has 104 valence electrons. The van der Waals surface area contributed by atoms with Crippen LogP contribution in [0.25, 0.3) is 11.3 Å². The first kappa shape index (κ1) is 12.7. The number of hydrogen-bond donors (Lipinski definition) is 1. The molecule has 0 saturated carbocycles. The minimum absolute atomic E-state index is 0.0375. The van der Waals surface area contributed by atoms with Gasteiger partial charge in [-0.15, -0.1) is 5.10 Å². The highest BCUT2D eigenvalue weighted by Gasteiger charge is 2.26. The van der Waals surface area contributed by atoms with E-state index in [1.54, 1.807) is 23.1 Å². The van der Waals surface area contributed by atoms with E-state index in [2.05, 4.69) is 15.3 Å². The van der Waals surface area contributed by atoms with Crippen LogP contribution >= 0.6 is 0 Å². The van der Waals surface area contributed by atoms with E-state index in [9.17, 15) is 9.90 Å². The third-order valence-electron chi connectivity index (χ3n) is 3.37. The zero-order chi connectivity index (χ0) is 13.9. The van der Waals surface area contributed by atoms with Crippen LogP contribution in [0, 0.1) is 0 Å². The molecule has 0 amide bonds. The molecule has 3 rings (SSSR count). The summed E-state index contributed by atoms with van der Waals surface area (Å²) < 4.78 is 7.03. The molecule has 3 heterocycles. The Kier molecular flexibility index (Phi) is 3.42.